The highest BCUT2D eigenvalue weighted by molar-refractivity contribution is 7.89. The number of nitrogens with one attached hydrogen (secondary N) is 2. The zero-order chi connectivity index (χ0) is 16.4. The first-order valence-electron chi connectivity index (χ1n) is 7.00. The van der Waals surface area contributed by atoms with Crippen LogP contribution in [0.25, 0.3) is 0 Å². The second kappa shape index (κ2) is 7.38. The molecular formula is C14H20ClF3N2O2S. The smallest absolute Gasteiger partial charge is 0.317 e. The zero-order valence-electron chi connectivity index (χ0n) is 12.6. The summed E-state index contributed by atoms with van der Waals surface area (Å²) in [7, 11) is -3.80. The molecule has 1 aromatic carbocycles. The molecule has 1 aliphatic rings. The topological polar surface area (TPSA) is 58.2 Å². The molecule has 1 heterocycles. The van der Waals surface area contributed by atoms with Crippen molar-refractivity contribution in [1.29, 1.82) is 0 Å². The first-order chi connectivity index (χ1) is 10.1. The summed E-state index contributed by atoms with van der Waals surface area (Å²) < 4.78 is 64.3. The minimum Gasteiger partial charge on any atom is -0.317 e. The van der Waals surface area contributed by atoms with E-state index in [1.807, 2.05) is 6.92 Å². The van der Waals surface area contributed by atoms with Crippen molar-refractivity contribution >= 4 is 22.4 Å². The molecule has 2 rings (SSSR count). The van der Waals surface area contributed by atoms with Crippen molar-refractivity contribution in [3.63, 3.8) is 0 Å². The summed E-state index contributed by atoms with van der Waals surface area (Å²) in [6.07, 6.45) is -2.77. The predicted octanol–water partition coefficient (Wildman–Crippen LogP) is 2.80. The Kier molecular flexibility index (Phi) is 6.48. The quantitative estimate of drug-likeness (QED) is 0.854. The largest absolute Gasteiger partial charge is 0.416 e. The van der Waals surface area contributed by atoms with Crippen LogP contribution >= 0.6 is 12.4 Å². The van der Waals surface area contributed by atoms with Crippen LogP contribution in [0, 0.1) is 5.41 Å². The van der Waals surface area contributed by atoms with Gasteiger partial charge in [0.25, 0.3) is 0 Å². The molecule has 9 heteroatoms. The molecular weight excluding hydrogens is 353 g/mol. The molecule has 1 fully saturated rings. The number of piperidine rings is 1. The van der Waals surface area contributed by atoms with E-state index in [4.69, 9.17) is 0 Å². The monoisotopic (exact) mass is 372 g/mol. The van der Waals surface area contributed by atoms with Crippen molar-refractivity contribution in [2.45, 2.75) is 30.8 Å². The van der Waals surface area contributed by atoms with Gasteiger partial charge in [0.2, 0.25) is 10.0 Å². The van der Waals surface area contributed by atoms with E-state index in [2.05, 4.69) is 10.0 Å². The molecule has 0 spiro atoms. The van der Waals surface area contributed by atoms with Crippen LogP contribution in [0.2, 0.25) is 0 Å². The van der Waals surface area contributed by atoms with Gasteiger partial charge in [0.05, 0.1) is 10.5 Å². The molecule has 0 atom stereocenters. The normalized spacial score (nSPS) is 18.3. The lowest BCUT2D eigenvalue weighted by Gasteiger charge is -2.34. The molecule has 0 aliphatic carbocycles. The van der Waals surface area contributed by atoms with Crippen LogP contribution in [-0.4, -0.2) is 28.1 Å². The van der Waals surface area contributed by atoms with Crippen LogP contribution in [0.5, 0.6) is 0 Å². The fourth-order valence-corrected chi connectivity index (χ4v) is 3.58. The SMILES string of the molecule is CC1(CNS(=O)(=O)c2ccc(C(F)(F)F)cc2)CCNCC1.Cl. The van der Waals surface area contributed by atoms with Crippen LogP contribution in [0.4, 0.5) is 13.2 Å². The van der Waals surface area contributed by atoms with Gasteiger partial charge < -0.3 is 5.32 Å². The van der Waals surface area contributed by atoms with Gasteiger partial charge in [-0.25, -0.2) is 13.1 Å². The summed E-state index contributed by atoms with van der Waals surface area (Å²) >= 11 is 0. The van der Waals surface area contributed by atoms with Gasteiger partial charge >= 0.3 is 6.18 Å². The number of halogens is 4. The first kappa shape index (κ1) is 20.2. The Hall–Kier alpha value is -0.830. The number of hydrogen-bond donors (Lipinski definition) is 2. The van der Waals surface area contributed by atoms with Gasteiger partial charge in [-0.05, 0) is 55.6 Å². The van der Waals surface area contributed by atoms with E-state index < -0.39 is 21.8 Å². The lowest BCUT2D eigenvalue weighted by atomic mass is 9.81. The van der Waals surface area contributed by atoms with Gasteiger partial charge in [0, 0.05) is 6.54 Å². The van der Waals surface area contributed by atoms with Crippen molar-refractivity contribution < 1.29 is 21.6 Å². The zero-order valence-corrected chi connectivity index (χ0v) is 14.2. The van der Waals surface area contributed by atoms with E-state index in [9.17, 15) is 21.6 Å². The predicted molar refractivity (Wildman–Crippen MR) is 84.1 cm³/mol. The van der Waals surface area contributed by atoms with E-state index in [1.54, 1.807) is 0 Å². The van der Waals surface area contributed by atoms with E-state index in [-0.39, 0.29) is 29.3 Å². The third-order valence-corrected chi connectivity index (χ3v) is 5.41. The summed E-state index contributed by atoms with van der Waals surface area (Å²) in [4.78, 5) is -0.155. The Morgan fingerprint density at radius 2 is 1.70 bits per heavy atom. The maximum Gasteiger partial charge on any atom is 0.416 e. The van der Waals surface area contributed by atoms with E-state index >= 15 is 0 Å². The van der Waals surface area contributed by atoms with Crippen LogP contribution in [-0.2, 0) is 16.2 Å². The standard InChI is InChI=1S/C14H19F3N2O2S.ClH/c1-13(6-8-18-9-7-13)10-19-22(20,21)12-4-2-11(3-5-12)14(15,16)17;/h2-5,18-19H,6-10H2,1H3;1H. The summed E-state index contributed by atoms with van der Waals surface area (Å²) in [6.45, 7) is 3.94. The molecule has 2 N–H and O–H groups in total. The summed E-state index contributed by atoms with van der Waals surface area (Å²) in [5, 5.41) is 3.21. The summed E-state index contributed by atoms with van der Waals surface area (Å²) in [6, 6.07) is 3.52. The summed E-state index contributed by atoms with van der Waals surface area (Å²) in [5.74, 6) is 0. The average Bonchev–Trinajstić information content (AvgIpc) is 2.46. The van der Waals surface area contributed by atoms with Crippen molar-refractivity contribution in [3.05, 3.63) is 29.8 Å². The van der Waals surface area contributed by atoms with Crippen molar-refractivity contribution in [1.82, 2.24) is 10.0 Å². The number of sulfonamides is 1. The Bertz CT molecular complexity index is 612. The van der Waals surface area contributed by atoms with Crippen LogP contribution < -0.4 is 10.0 Å². The van der Waals surface area contributed by atoms with Crippen molar-refractivity contribution in [2.75, 3.05) is 19.6 Å². The highest BCUT2D eigenvalue weighted by atomic mass is 35.5. The van der Waals surface area contributed by atoms with Gasteiger partial charge in [0.15, 0.2) is 0 Å². The van der Waals surface area contributed by atoms with Crippen molar-refractivity contribution in [2.24, 2.45) is 5.41 Å². The third kappa shape index (κ3) is 5.34. The number of alkyl halides is 3. The number of benzene rings is 1. The highest BCUT2D eigenvalue weighted by Gasteiger charge is 2.31. The van der Waals surface area contributed by atoms with Gasteiger partial charge in [-0.1, -0.05) is 6.92 Å². The lowest BCUT2D eigenvalue weighted by Crippen LogP contribution is -2.42. The molecule has 1 saturated heterocycles. The first-order valence-corrected chi connectivity index (χ1v) is 8.48. The lowest BCUT2D eigenvalue weighted by molar-refractivity contribution is -0.137. The molecule has 4 nitrogen and oxygen atoms in total. The maximum absolute atomic E-state index is 12.5. The molecule has 23 heavy (non-hydrogen) atoms. The van der Waals surface area contributed by atoms with Crippen LogP contribution in [0.1, 0.15) is 25.3 Å². The van der Waals surface area contributed by atoms with E-state index in [0.29, 0.717) is 0 Å². The minimum absolute atomic E-state index is 0. The van der Waals surface area contributed by atoms with E-state index in [1.165, 1.54) is 0 Å². The molecule has 1 aliphatic heterocycles. The Labute approximate surface area is 140 Å². The third-order valence-electron chi connectivity index (χ3n) is 3.99. The minimum atomic E-state index is -4.47. The fourth-order valence-electron chi connectivity index (χ4n) is 2.38. The summed E-state index contributed by atoms with van der Waals surface area (Å²) in [5.41, 5.74) is -0.999. The maximum atomic E-state index is 12.5. The molecule has 0 aromatic heterocycles. The number of hydrogen-bond acceptors (Lipinski definition) is 3. The second-order valence-electron chi connectivity index (χ2n) is 5.91. The molecule has 0 radical (unpaired) electrons. The average molecular weight is 373 g/mol. The van der Waals surface area contributed by atoms with Crippen LogP contribution in [0.3, 0.4) is 0 Å². The molecule has 132 valence electrons. The molecule has 0 unspecified atom stereocenters. The number of rotatable bonds is 4. The molecule has 0 amide bonds. The van der Waals surface area contributed by atoms with Crippen molar-refractivity contribution in [3.8, 4) is 0 Å². The van der Waals surface area contributed by atoms with Gasteiger partial charge in [0.1, 0.15) is 0 Å². The van der Waals surface area contributed by atoms with Gasteiger partial charge in [-0.15, -0.1) is 12.4 Å². The molecule has 1 aromatic rings. The Morgan fingerprint density at radius 3 is 2.17 bits per heavy atom. The highest BCUT2D eigenvalue weighted by Crippen LogP contribution is 2.30. The Morgan fingerprint density at radius 1 is 1.17 bits per heavy atom. The Balaban J connectivity index is 0.00000264. The van der Waals surface area contributed by atoms with E-state index in [0.717, 1.165) is 50.2 Å². The fraction of sp³-hybridized carbons (Fsp3) is 0.571. The van der Waals surface area contributed by atoms with Crippen LogP contribution in [0.15, 0.2) is 29.2 Å². The molecule has 0 saturated carbocycles. The van der Waals surface area contributed by atoms with Gasteiger partial charge in [-0.2, -0.15) is 13.2 Å². The second-order valence-corrected chi connectivity index (χ2v) is 7.67. The van der Waals surface area contributed by atoms with Gasteiger partial charge in [-0.3, -0.25) is 0 Å². The molecule has 0 bridgehead atoms.